The Balaban J connectivity index is 0.00000121. The summed E-state index contributed by atoms with van der Waals surface area (Å²) in [5.74, 6) is 1.12. The van der Waals surface area contributed by atoms with Crippen molar-refractivity contribution in [2.45, 2.75) is 6.42 Å². The monoisotopic (exact) mass is 285 g/mol. The minimum Gasteiger partial charge on any atom is -0.381 e. The molecule has 1 unspecified atom stereocenters. The van der Waals surface area contributed by atoms with Gasteiger partial charge in [-0.05, 0) is 6.42 Å². The lowest BCUT2D eigenvalue weighted by molar-refractivity contribution is 0.186. The van der Waals surface area contributed by atoms with Gasteiger partial charge in [0, 0.05) is 26.1 Å². The normalized spacial score (nSPS) is 23.4. The van der Waals surface area contributed by atoms with Crippen LogP contribution in [-0.2, 0) is 4.74 Å². The molecule has 0 saturated carbocycles. The van der Waals surface area contributed by atoms with E-state index in [1.807, 2.05) is 0 Å². The molecule has 0 amide bonds. The molecule has 1 aliphatic heterocycles. The van der Waals surface area contributed by atoms with Crippen molar-refractivity contribution in [1.29, 1.82) is 0 Å². The third kappa shape index (κ3) is 4.10. The Bertz CT molecular complexity index is 146. The van der Waals surface area contributed by atoms with Crippen LogP contribution in [0.1, 0.15) is 6.42 Å². The molecule has 0 radical (unpaired) electrons. The van der Waals surface area contributed by atoms with E-state index in [9.17, 15) is 0 Å². The highest BCUT2D eigenvalue weighted by Gasteiger charge is 2.14. The predicted octanol–water partition coefficient (Wildman–Crippen LogP) is 0.175. The van der Waals surface area contributed by atoms with E-state index in [0.717, 1.165) is 26.2 Å². The van der Waals surface area contributed by atoms with Crippen molar-refractivity contribution in [1.82, 2.24) is 5.32 Å². The number of nitrogens with zero attached hydrogens (tertiary/aromatic N) is 1. The van der Waals surface area contributed by atoms with E-state index >= 15 is 0 Å². The third-order valence-electron chi connectivity index (χ3n) is 1.84. The number of ether oxygens (including phenoxy) is 1. The number of halogens is 1. The molecule has 1 heterocycles. The van der Waals surface area contributed by atoms with Crippen LogP contribution in [0.15, 0.2) is 4.99 Å². The molecule has 0 aromatic heterocycles. The zero-order valence-corrected chi connectivity index (χ0v) is 9.58. The molecule has 0 bridgehead atoms. The van der Waals surface area contributed by atoms with Gasteiger partial charge in [-0.2, -0.15) is 0 Å². The first-order valence-corrected chi connectivity index (χ1v) is 3.87. The van der Waals surface area contributed by atoms with E-state index in [1.165, 1.54) is 0 Å². The molecule has 0 aromatic rings. The van der Waals surface area contributed by atoms with Gasteiger partial charge in [-0.1, -0.05) is 0 Å². The first kappa shape index (κ1) is 12.0. The number of guanidine groups is 1. The Labute approximate surface area is 90.0 Å². The first-order valence-electron chi connectivity index (χ1n) is 3.87. The highest BCUT2D eigenvalue weighted by molar-refractivity contribution is 14.0. The lowest BCUT2D eigenvalue weighted by atomic mass is 10.1. The lowest BCUT2D eigenvalue weighted by Crippen LogP contribution is -2.35. The molecule has 5 heteroatoms. The topological polar surface area (TPSA) is 59.6 Å². The van der Waals surface area contributed by atoms with Crippen molar-refractivity contribution < 1.29 is 4.74 Å². The second kappa shape index (κ2) is 6.47. The van der Waals surface area contributed by atoms with Gasteiger partial charge in [0.25, 0.3) is 0 Å². The summed E-state index contributed by atoms with van der Waals surface area (Å²) in [5.41, 5.74) is 5.45. The quantitative estimate of drug-likeness (QED) is 0.432. The molecule has 1 atom stereocenters. The molecule has 0 spiro atoms. The van der Waals surface area contributed by atoms with Crippen LogP contribution in [-0.4, -0.2) is 32.8 Å². The average Bonchev–Trinajstić information content (AvgIpc) is 2.52. The lowest BCUT2D eigenvalue weighted by Gasteiger charge is -2.08. The van der Waals surface area contributed by atoms with Crippen LogP contribution in [0.25, 0.3) is 0 Å². The first-order chi connectivity index (χ1) is 5.33. The van der Waals surface area contributed by atoms with Gasteiger partial charge in [-0.3, -0.25) is 4.99 Å². The molecule has 4 nitrogen and oxygen atoms in total. The summed E-state index contributed by atoms with van der Waals surface area (Å²) in [7, 11) is 1.67. The van der Waals surface area contributed by atoms with Crippen LogP contribution in [0.2, 0.25) is 0 Å². The highest BCUT2D eigenvalue weighted by Crippen LogP contribution is 2.10. The van der Waals surface area contributed by atoms with Gasteiger partial charge in [-0.15, -0.1) is 24.0 Å². The summed E-state index contributed by atoms with van der Waals surface area (Å²) >= 11 is 0. The van der Waals surface area contributed by atoms with Gasteiger partial charge < -0.3 is 15.8 Å². The van der Waals surface area contributed by atoms with E-state index in [2.05, 4.69) is 10.3 Å². The van der Waals surface area contributed by atoms with Crippen LogP contribution in [0.5, 0.6) is 0 Å². The summed E-state index contributed by atoms with van der Waals surface area (Å²) in [6.45, 7) is 2.61. The Morgan fingerprint density at radius 1 is 1.75 bits per heavy atom. The molecule has 1 aliphatic rings. The van der Waals surface area contributed by atoms with E-state index in [-0.39, 0.29) is 24.0 Å². The maximum Gasteiger partial charge on any atom is 0.188 e. The van der Waals surface area contributed by atoms with Crippen molar-refractivity contribution in [3.05, 3.63) is 0 Å². The molecular weight excluding hydrogens is 269 g/mol. The highest BCUT2D eigenvalue weighted by atomic mass is 127. The van der Waals surface area contributed by atoms with E-state index in [1.54, 1.807) is 7.05 Å². The second-order valence-corrected chi connectivity index (χ2v) is 2.72. The second-order valence-electron chi connectivity index (χ2n) is 2.72. The SMILES string of the molecule is CN=C(N)NCC1CCOC1.I. The fourth-order valence-electron chi connectivity index (χ4n) is 1.07. The average molecular weight is 285 g/mol. The minimum absolute atomic E-state index is 0. The smallest absolute Gasteiger partial charge is 0.188 e. The maximum absolute atomic E-state index is 5.45. The minimum atomic E-state index is 0. The van der Waals surface area contributed by atoms with Crippen molar-refractivity contribution >= 4 is 29.9 Å². The van der Waals surface area contributed by atoms with E-state index in [0.29, 0.717) is 11.9 Å². The van der Waals surface area contributed by atoms with Crippen molar-refractivity contribution in [2.75, 3.05) is 26.8 Å². The Morgan fingerprint density at radius 3 is 3.00 bits per heavy atom. The number of aliphatic imine (C=N–C) groups is 1. The van der Waals surface area contributed by atoms with Gasteiger partial charge in [-0.25, -0.2) is 0 Å². The standard InChI is InChI=1S/C7H15N3O.HI/c1-9-7(8)10-4-6-2-3-11-5-6;/h6H,2-5H2,1H3,(H3,8,9,10);1H. The van der Waals surface area contributed by atoms with E-state index < -0.39 is 0 Å². The molecule has 1 rings (SSSR count). The maximum atomic E-state index is 5.45. The number of nitrogens with two attached hydrogens (primary N) is 1. The van der Waals surface area contributed by atoms with Crippen LogP contribution < -0.4 is 11.1 Å². The molecule has 0 aliphatic carbocycles. The zero-order chi connectivity index (χ0) is 8.10. The summed E-state index contributed by atoms with van der Waals surface area (Å²) in [5, 5.41) is 3.02. The van der Waals surface area contributed by atoms with Gasteiger partial charge in [0.1, 0.15) is 0 Å². The number of nitrogens with one attached hydrogen (secondary N) is 1. The van der Waals surface area contributed by atoms with Crippen LogP contribution in [0.4, 0.5) is 0 Å². The number of rotatable bonds is 2. The predicted molar refractivity (Wildman–Crippen MR) is 59.9 cm³/mol. The molecule has 1 fully saturated rings. The van der Waals surface area contributed by atoms with Crippen molar-refractivity contribution in [3.63, 3.8) is 0 Å². The molecular formula is C7H16IN3O. The Morgan fingerprint density at radius 2 is 2.50 bits per heavy atom. The fourth-order valence-corrected chi connectivity index (χ4v) is 1.07. The molecule has 3 N–H and O–H groups in total. The largest absolute Gasteiger partial charge is 0.381 e. The third-order valence-corrected chi connectivity index (χ3v) is 1.84. The van der Waals surface area contributed by atoms with Crippen molar-refractivity contribution in [2.24, 2.45) is 16.6 Å². The van der Waals surface area contributed by atoms with Crippen LogP contribution >= 0.6 is 24.0 Å². The van der Waals surface area contributed by atoms with Gasteiger partial charge >= 0.3 is 0 Å². The summed E-state index contributed by atoms with van der Waals surface area (Å²) in [4.78, 5) is 3.79. The Kier molecular flexibility index (Phi) is 6.45. The molecule has 12 heavy (non-hydrogen) atoms. The zero-order valence-electron chi connectivity index (χ0n) is 7.25. The number of hydrogen-bond donors (Lipinski definition) is 2. The van der Waals surface area contributed by atoms with Crippen LogP contribution in [0.3, 0.4) is 0 Å². The molecule has 1 saturated heterocycles. The molecule has 72 valence electrons. The fraction of sp³-hybridized carbons (Fsp3) is 0.857. The number of hydrogen-bond acceptors (Lipinski definition) is 2. The van der Waals surface area contributed by atoms with Gasteiger partial charge in [0.05, 0.1) is 6.61 Å². The summed E-state index contributed by atoms with van der Waals surface area (Å²) in [6, 6.07) is 0. The summed E-state index contributed by atoms with van der Waals surface area (Å²) < 4.78 is 5.20. The van der Waals surface area contributed by atoms with Gasteiger partial charge in [0.2, 0.25) is 0 Å². The van der Waals surface area contributed by atoms with Crippen LogP contribution in [0, 0.1) is 5.92 Å². The van der Waals surface area contributed by atoms with Gasteiger partial charge in [0.15, 0.2) is 5.96 Å². The Hall–Kier alpha value is -0.0400. The van der Waals surface area contributed by atoms with E-state index in [4.69, 9.17) is 10.5 Å². The summed E-state index contributed by atoms with van der Waals surface area (Å²) in [6.07, 6.45) is 1.13. The molecule has 0 aromatic carbocycles. The van der Waals surface area contributed by atoms with Crippen molar-refractivity contribution in [3.8, 4) is 0 Å².